The van der Waals surface area contributed by atoms with Gasteiger partial charge in [0, 0.05) is 29.6 Å². The van der Waals surface area contributed by atoms with Crippen LogP contribution in [0.3, 0.4) is 0 Å². The maximum atomic E-state index is 8.90. The Balaban J connectivity index is 2.62. The zero-order valence-corrected chi connectivity index (χ0v) is 8.59. The molecule has 1 aromatic carbocycles. The average molecular weight is 189 g/mol. The van der Waals surface area contributed by atoms with Crippen LogP contribution < -0.4 is 0 Å². The second kappa shape index (κ2) is 3.46. The van der Waals surface area contributed by atoms with E-state index in [-0.39, 0.29) is 6.61 Å². The van der Waals surface area contributed by atoms with E-state index in [9.17, 15) is 0 Å². The average Bonchev–Trinajstić information content (AvgIpc) is 2.46. The fraction of sp³-hybridized carbons (Fsp3) is 0.333. The molecule has 0 bridgehead atoms. The van der Waals surface area contributed by atoms with E-state index in [1.807, 2.05) is 0 Å². The van der Waals surface area contributed by atoms with Gasteiger partial charge in [-0.25, -0.2) is 0 Å². The van der Waals surface area contributed by atoms with Crippen molar-refractivity contribution in [1.29, 1.82) is 0 Å². The van der Waals surface area contributed by atoms with E-state index in [1.54, 1.807) is 0 Å². The number of H-pyrrole nitrogens is 1. The van der Waals surface area contributed by atoms with Crippen LogP contribution in [0, 0.1) is 13.8 Å². The van der Waals surface area contributed by atoms with E-state index < -0.39 is 0 Å². The van der Waals surface area contributed by atoms with Crippen LogP contribution in [-0.4, -0.2) is 16.7 Å². The molecule has 2 rings (SSSR count). The second-order valence-corrected chi connectivity index (χ2v) is 3.75. The first-order valence-corrected chi connectivity index (χ1v) is 4.91. The fourth-order valence-electron chi connectivity index (χ4n) is 1.86. The minimum atomic E-state index is 0.201. The maximum Gasteiger partial charge on any atom is 0.0485 e. The monoisotopic (exact) mass is 189 g/mol. The van der Waals surface area contributed by atoms with E-state index in [0.717, 1.165) is 11.2 Å². The van der Waals surface area contributed by atoms with Gasteiger partial charge in [0.2, 0.25) is 0 Å². The molecule has 0 atom stereocenters. The zero-order valence-electron chi connectivity index (χ0n) is 8.59. The molecule has 14 heavy (non-hydrogen) atoms. The highest BCUT2D eigenvalue weighted by Gasteiger charge is 2.06. The summed E-state index contributed by atoms with van der Waals surface area (Å²) >= 11 is 0. The van der Waals surface area contributed by atoms with Crippen LogP contribution in [0.15, 0.2) is 18.2 Å². The van der Waals surface area contributed by atoms with Gasteiger partial charge in [0.05, 0.1) is 0 Å². The van der Waals surface area contributed by atoms with Crippen molar-refractivity contribution >= 4 is 10.9 Å². The maximum absolute atomic E-state index is 8.90. The highest BCUT2D eigenvalue weighted by molar-refractivity contribution is 5.85. The van der Waals surface area contributed by atoms with Gasteiger partial charge in [-0.1, -0.05) is 11.6 Å². The Morgan fingerprint density at radius 3 is 2.79 bits per heavy atom. The third-order valence-corrected chi connectivity index (χ3v) is 2.68. The number of hydrogen-bond acceptors (Lipinski definition) is 1. The molecular formula is C12H15NO. The molecule has 2 nitrogen and oxygen atoms in total. The largest absolute Gasteiger partial charge is 0.396 e. The normalized spacial score (nSPS) is 11.1. The van der Waals surface area contributed by atoms with Crippen molar-refractivity contribution in [3.05, 3.63) is 35.0 Å². The molecule has 0 saturated carbocycles. The molecule has 1 aromatic heterocycles. The molecule has 0 aliphatic carbocycles. The van der Waals surface area contributed by atoms with Crippen molar-refractivity contribution in [3.63, 3.8) is 0 Å². The number of aromatic nitrogens is 1. The molecule has 0 saturated heterocycles. The predicted octanol–water partition coefficient (Wildman–Crippen LogP) is 2.32. The number of aryl methyl sites for hydroxylation is 2. The highest BCUT2D eigenvalue weighted by atomic mass is 16.3. The van der Waals surface area contributed by atoms with Crippen molar-refractivity contribution in [2.75, 3.05) is 6.61 Å². The minimum Gasteiger partial charge on any atom is -0.396 e. The van der Waals surface area contributed by atoms with Gasteiger partial charge in [0.15, 0.2) is 0 Å². The SMILES string of the molecule is Cc1ccc2[nH]c(CCO)c(C)c2c1. The first-order valence-electron chi connectivity index (χ1n) is 4.91. The molecule has 0 unspecified atom stereocenters. The number of hydrogen-bond donors (Lipinski definition) is 2. The van der Waals surface area contributed by atoms with Gasteiger partial charge in [-0.2, -0.15) is 0 Å². The summed E-state index contributed by atoms with van der Waals surface area (Å²) in [4.78, 5) is 3.33. The summed E-state index contributed by atoms with van der Waals surface area (Å²) in [6.07, 6.45) is 0.708. The molecule has 0 radical (unpaired) electrons. The molecule has 0 spiro atoms. The lowest BCUT2D eigenvalue weighted by atomic mass is 10.1. The first kappa shape index (κ1) is 9.28. The van der Waals surface area contributed by atoms with E-state index in [0.29, 0.717) is 6.42 Å². The van der Waals surface area contributed by atoms with Crippen LogP contribution >= 0.6 is 0 Å². The number of benzene rings is 1. The van der Waals surface area contributed by atoms with Crippen molar-refractivity contribution in [2.45, 2.75) is 20.3 Å². The van der Waals surface area contributed by atoms with Gasteiger partial charge in [0.25, 0.3) is 0 Å². The molecule has 0 aliphatic rings. The van der Waals surface area contributed by atoms with Crippen LogP contribution in [0.25, 0.3) is 10.9 Å². The topological polar surface area (TPSA) is 36.0 Å². The second-order valence-electron chi connectivity index (χ2n) is 3.75. The van der Waals surface area contributed by atoms with E-state index >= 15 is 0 Å². The summed E-state index contributed by atoms with van der Waals surface area (Å²) in [5.41, 5.74) is 4.84. The molecule has 2 N–H and O–H groups in total. The Kier molecular flexibility index (Phi) is 2.30. The molecule has 0 aliphatic heterocycles. The summed E-state index contributed by atoms with van der Waals surface area (Å²) in [5.74, 6) is 0. The summed E-state index contributed by atoms with van der Waals surface area (Å²) in [6, 6.07) is 6.38. The van der Waals surface area contributed by atoms with E-state index in [1.165, 1.54) is 16.5 Å². The lowest BCUT2D eigenvalue weighted by molar-refractivity contribution is 0.298. The Morgan fingerprint density at radius 1 is 1.29 bits per heavy atom. The predicted molar refractivity (Wildman–Crippen MR) is 58.6 cm³/mol. The summed E-state index contributed by atoms with van der Waals surface area (Å²) < 4.78 is 0. The van der Waals surface area contributed by atoms with Crippen LogP contribution in [0.2, 0.25) is 0 Å². The van der Waals surface area contributed by atoms with Crippen molar-refractivity contribution in [2.24, 2.45) is 0 Å². The Hall–Kier alpha value is -1.28. The third kappa shape index (κ3) is 1.42. The molecule has 2 aromatic rings. The summed E-state index contributed by atoms with van der Waals surface area (Å²) in [5, 5.41) is 10.2. The molecule has 0 fully saturated rings. The molecule has 0 amide bonds. The molecular weight excluding hydrogens is 174 g/mol. The number of rotatable bonds is 2. The van der Waals surface area contributed by atoms with Crippen LogP contribution in [0.4, 0.5) is 0 Å². The van der Waals surface area contributed by atoms with Gasteiger partial charge in [-0.3, -0.25) is 0 Å². The lowest BCUT2D eigenvalue weighted by Gasteiger charge is -1.95. The molecule has 2 heteroatoms. The fourth-order valence-corrected chi connectivity index (χ4v) is 1.86. The van der Waals surface area contributed by atoms with Crippen LogP contribution in [0.1, 0.15) is 16.8 Å². The van der Waals surface area contributed by atoms with Gasteiger partial charge < -0.3 is 10.1 Å². The van der Waals surface area contributed by atoms with Crippen molar-refractivity contribution in [3.8, 4) is 0 Å². The molecule has 74 valence electrons. The van der Waals surface area contributed by atoms with Gasteiger partial charge in [0.1, 0.15) is 0 Å². The third-order valence-electron chi connectivity index (χ3n) is 2.68. The van der Waals surface area contributed by atoms with Crippen LogP contribution in [-0.2, 0) is 6.42 Å². The first-order chi connectivity index (χ1) is 6.72. The zero-order chi connectivity index (χ0) is 10.1. The number of aromatic amines is 1. The van der Waals surface area contributed by atoms with Gasteiger partial charge >= 0.3 is 0 Å². The molecule has 1 heterocycles. The van der Waals surface area contributed by atoms with E-state index in [2.05, 4.69) is 37.0 Å². The van der Waals surface area contributed by atoms with Gasteiger partial charge in [-0.15, -0.1) is 0 Å². The Bertz CT molecular complexity index is 457. The number of aliphatic hydroxyl groups excluding tert-OH is 1. The quantitative estimate of drug-likeness (QED) is 0.747. The summed E-state index contributed by atoms with van der Waals surface area (Å²) in [6.45, 7) is 4.40. The van der Waals surface area contributed by atoms with Gasteiger partial charge in [-0.05, 0) is 31.5 Å². The minimum absolute atomic E-state index is 0.201. The Morgan fingerprint density at radius 2 is 2.07 bits per heavy atom. The van der Waals surface area contributed by atoms with Crippen molar-refractivity contribution in [1.82, 2.24) is 4.98 Å². The smallest absolute Gasteiger partial charge is 0.0485 e. The standard InChI is InChI=1S/C12H15NO/c1-8-3-4-12-10(7-8)9(2)11(13-12)5-6-14/h3-4,7,13-14H,5-6H2,1-2H3. The Labute approximate surface area is 83.6 Å². The highest BCUT2D eigenvalue weighted by Crippen LogP contribution is 2.22. The van der Waals surface area contributed by atoms with E-state index in [4.69, 9.17) is 5.11 Å². The van der Waals surface area contributed by atoms with Crippen LogP contribution in [0.5, 0.6) is 0 Å². The summed E-state index contributed by atoms with van der Waals surface area (Å²) in [7, 11) is 0. The number of nitrogens with one attached hydrogen (secondary N) is 1. The number of aliphatic hydroxyl groups is 1. The van der Waals surface area contributed by atoms with Crippen molar-refractivity contribution < 1.29 is 5.11 Å². The number of fused-ring (bicyclic) bond motifs is 1. The lowest BCUT2D eigenvalue weighted by Crippen LogP contribution is -1.92.